The summed E-state index contributed by atoms with van der Waals surface area (Å²) in [4.78, 5) is 12.5. The molecule has 1 saturated heterocycles. The van der Waals surface area contributed by atoms with E-state index in [1.54, 1.807) is 0 Å². The molecule has 1 aromatic carbocycles. The third-order valence-corrected chi connectivity index (χ3v) is 6.62. The highest BCUT2D eigenvalue weighted by Crippen LogP contribution is 2.33. The van der Waals surface area contributed by atoms with Crippen molar-refractivity contribution < 1.29 is 17.9 Å². The van der Waals surface area contributed by atoms with Crippen LogP contribution in [0.15, 0.2) is 28.7 Å². The molecule has 0 atom stereocenters. The quantitative estimate of drug-likeness (QED) is 0.641. The van der Waals surface area contributed by atoms with Crippen LogP contribution in [0.2, 0.25) is 0 Å². The zero-order chi connectivity index (χ0) is 18.3. The van der Waals surface area contributed by atoms with Gasteiger partial charge < -0.3 is 10.1 Å². The summed E-state index contributed by atoms with van der Waals surface area (Å²) in [7, 11) is -3.37. The lowest BCUT2D eigenvalue weighted by Crippen LogP contribution is -2.51. The molecule has 1 N–H and O–H groups in total. The van der Waals surface area contributed by atoms with Gasteiger partial charge in [0.2, 0.25) is 5.91 Å². The third kappa shape index (κ3) is 6.08. The Hall–Kier alpha value is -0.920. The van der Waals surface area contributed by atoms with Gasteiger partial charge in [0.15, 0.2) is 9.84 Å². The number of rotatable bonds is 8. The van der Waals surface area contributed by atoms with E-state index in [0.717, 1.165) is 22.9 Å². The molecule has 0 radical (unpaired) electrons. The normalized spacial score (nSPS) is 17.2. The number of hydrogen-bond donors (Lipinski definition) is 1. The van der Waals surface area contributed by atoms with Crippen molar-refractivity contribution in [1.29, 1.82) is 0 Å². The summed E-state index contributed by atoms with van der Waals surface area (Å²) in [5.41, 5.74) is 0.403. The van der Waals surface area contributed by atoms with Crippen LogP contribution in [-0.4, -0.2) is 39.0 Å². The summed E-state index contributed by atoms with van der Waals surface area (Å²) in [6.45, 7) is 3.10. The van der Waals surface area contributed by atoms with Gasteiger partial charge in [0.1, 0.15) is 5.75 Å². The van der Waals surface area contributed by atoms with Crippen LogP contribution in [0, 0.1) is 0 Å². The second-order valence-corrected chi connectivity index (χ2v) is 9.65. The van der Waals surface area contributed by atoms with E-state index >= 15 is 0 Å². The summed E-state index contributed by atoms with van der Waals surface area (Å²) in [6, 6.07) is 7.79. The van der Waals surface area contributed by atoms with Gasteiger partial charge in [-0.05, 0) is 37.0 Å². The van der Waals surface area contributed by atoms with Crippen LogP contribution in [0.1, 0.15) is 44.6 Å². The second-order valence-electron chi connectivity index (χ2n) is 6.55. The van der Waals surface area contributed by atoms with E-state index in [4.69, 9.17) is 4.74 Å². The van der Waals surface area contributed by atoms with Crippen molar-refractivity contribution in [3.05, 3.63) is 34.3 Å². The van der Waals surface area contributed by atoms with E-state index in [1.165, 1.54) is 0 Å². The summed E-state index contributed by atoms with van der Waals surface area (Å²) >= 11 is 3.46. The number of sulfone groups is 1. The lowest BCUT2D eigenvalue weighted by Gasteiger charge is -2.38. The van der Waals surface area contributed by atoms with E-state index in [1.807, 2.05) is 31.2 Å². The van der Waals surface area contributed by atoms with Gasteiger partial charge in [-0.3, -0.25) is 4.79 Å². The molecule has 0 saturated carbocycles. The lowest BCUT2D eigenvalue weighted by atomic mass is 9.82. The number of nitrogens with one attached hydrogen (secondary N) is 1. The van der Waals surface area contributed by atoms with Crippen LogP contribution in [0.3, 0.4) is 0 Å². The SMILES string of the molecule is CCCCCS(=O)(=O)CC(=O)NC1(c2cccc(Br)c2)CCOCC1. The van der Waals surface area contributed by atoms with Gasteiger partial charge in [0, 0.05) is 17.7 Å². The molecule has 1 amide bonds. The van der Waals surface area contributed by atoms with Crippen LogP contribution in [-0.2, 0) is 24.9 Å². The Labute approximate surface area is 158 Å². The van der Waals surface area contributed by atoms with E-state index in [9.17, 15) is 13.2 Å². The molecule has 0 unspecified atom stereocenters. The second kappa shape index (κ2) is 9.14. The number of hydrogen-bond acceptors (Lipinski definition) is 4. The highest BCUT2D eigenvalue weighted by Gasteiger charge is 2.36. The Morgan fingerprint density at radius 3 is 2.64 bits per heavy atom. The fraction of sp³-hybridized carbons (Fsp3) is 0.611. The number of unbranched alkanes of at least 4 members (excludes halogenated alkanes) is 2. The fourth-order valence-corrected chi connectivity index (χ4v) is 4.80. The van der Waals surface area contributed by atoms with Gasteiger partial charge in [0.25, 0.3) is 0 Å². The monoisotopic (exact) mass is 431 g/mol. The predicted octanol–water partition coefficient (Wildman–Crippen LogP) is 3.18. The first-order chi connectivity index (χ1) is 11.9. The molecule has 1 aliphatic rings. The molecule has 1 aromatic rings. The number of ether oxygens (including phenoxy) is 1. The molecule has 0 bridgehead atoms. The fourth-order valence-electron chi connectivity index (χ4n) is 3.14. The molecule has 0 aromatic heterocycles. The molecule has 0 spiro atoms. The van der Waals surface area contributed by atoms with Crippen LogP contribution in [0.5, 0.6) is 0 Å². The maximum atomic E-state index is 12.5. The van der Waals surface area contributed by atoms with Crippen molar-refractivity contribution in [3.63, 3.8) is 0 Å². The molecular weight excluding hydrogens is 406 g/mol. The van der Waals surface area contributed by atoms with Crippen molar-refractivity contribution in [3.8, 4) is 0 Å². The third-order valence-electron chi connectivity index (χ3n) is 4.51. The first-order valence-electron chi connectivity index (χ1n) is 8.72. The van der Waals surface area contributed by atoms with Gasteiger partial charge in [-0.25, -0.2) is 8.42 Å². The van der Waals surface area contributed by atoms with Crippen LogP contribution in [0.4, 0.5) is 0 Å². The molecular formula is C18H26BrNO4S. The van der Waals surface area contributed by atoms with Crippen LogP contribution >= 0.6 is 15.9 Å². The van der Waals surface area contributed by atoms with Crippen molar-refractivity contribution in [2.45, 2.75) is 44.6 Å². The van der Waals surface area contributed by atoms with E-state index in [2.05, 4.69) is 21.2 Å². The molecule has 2 rings (SSSR count). The van der Waals surface area contributed by atoms with E-state index in [-0.39, 0.29) is 5.75 Å². The number of halogens is 1. The number of carbonyl (C=O) groups excluding carboxylic acids is 1. The summed E-state index contributed by atoms with van der Waals surface area (Å²) in [5, 5.41) is 3.00. The van der Waals surface area contributed by atoms with Gasteiger partial charge in [-0.15, -0.1) is 0 Å². The Morgan fingerprint density at radius 2 is 2.00 bits per heavy atom. The number of carbonyl (C=O) groups is 1. The first kappa shape index (κ1) is 20.4. The zero-order valence-electron chi connectivity index (χ0n) is 14.6. The molecule has 1 fully saturated rings. The average Bonchev–Trinajstić information content (AvgIpc) is 2.55. The maximum absolute atomic E-state index is 12.5. The molecule has 7 heteroatoms. The average molecular weight is 432 g/mol. The number of amides is 1. The van der Waals surface area contributed by atoms with Crippen molar-refractivity contribution >= 4 is 31.7 Å². The molecule has 1 heterocycles. The molecule has 140 valence electrons. The first-order valence-corrected chi connectivity index (χ1v) is 11.3. The lowest BCUT2D eigenvalue weighted by molar-refractivity contribution is -0.122. The molecule has 25 heavy (non-hydrogen) atoms. The Balaban J connectivity index is 2.11. The Bertz CT molecular complexity index is 684. The van der Waals surface area contributed by atoms with Gasteiger partial charge in [0.05, 0.1) is 11.3 Å². The van der Waals surface area contributed by atoms with Crippen molar-refractivity contribution in [2.75, 3.05) is 24.7 Å². The highest BCUT2D eigenvalue weighted by atomic mass is 79.9. The van der Waals surface area contributed by atoms with Crippen LogP contribution < -0.4 is 5.32 Å². The Kier molecular flexibility index (Phi) is 7.46. The smallest absolute Gasteiger partial charge is 0.235 e. The minimum Gasteiger partial charge on any atom is -0.381 e. The summed E-state index contributed by atoms with van der Waals surface area (Å²) < 4.78 is 30.7. The zero-order valence-corrected chi connectivity index (χ0v) is 17.0. The van der Waals surface area contributed by atoms with Crippen LogP contribution in [0.25, 0.3) is 0 Å². The van der Waals surface area contributed by atoms with Crippen molar-refractivity contribution in [2.24, 2.45) is 0 Å². The largest absolute Gasteiger partial charge is 0.381 e. The topological polar surface area (TPSA) is 72.5 Å². The number of benzene rings is 1. The van der Waals surface area contributed by atoms with E-state index < -0.39 is 27.0 Å². The Morgan fingerprint density at radius 1 is 1.28 bits per heavy atom. The maximum Gasteiger partial charge on any atom is 0.235 e. The minimum absolute atomic E-state index is 0.0707. The molecule has 0 aliphatic carbocycles. The predicted molar refractivity (Wildman–Crippen MR) is 102 cm³/mol. The van der Waals surface area contributed by atoms with Gasteiger partial charge in [-0.2, -0.15) is 0 Å². The molecule has 1 aliphatic heterocycles. The standard InChI is InChI=1S/C18H26BrNO4S/c1-2-3-4-12-25(22,23)14-17(21)20-18(8-10-24-11-9-18)15-6-5-7-16(19)13-15/h5-7,13H,2-4,8-12,14H2,1H3,(H,20,21). The van der Waals surface area contributed by atoms with E-state index in [0.29, 0.717) is 32.5 Å². The molecule has 5 nitrogen and oxygen atoms in total. The summed E-state index contributed by atoms with van der Waals surface area (Å²) in [6.07, 6.45) is 3.68. The highest BCUT2D eigenvalue weighted by molar-refractivity contribution is 9.10. The summed E-state index contributed by atoms with van der Waals surface area (Å²) in [5.74, 6) is -0.812. The van der Waals surface area contributed by atoms with Gasteiger partial charge in [-0.1, -0.05) is 47.8 Å². The van der Waals surface area contributed by atoms with Crippen molar-refractivity contribution in [1.82, 2.24) is 5.32 Å². The van der Waals surface area contributed by atoms with Gasteiger partial charge >= 0.3 is 0 Å². The minimum atomic E-state index is -3.37.